The number of thioether (sulfide) groups is 1. The zero-order chi connectivity index (χ0) is 13.6. The summed E-state index contributed by atoms with van der Waals surface area (Å²) in [7, 11) is 3.84. The predicted molar refractivity (Wildman–Crippen MR) is 76.9 cm³/mol. The van der Waals surface area contributed by atoms with Crippen molar-refractivity contribution in [2.24, 2.45) is 0 Å². The Bertz CT molecular complexity index is 266. The molecule has 18 heavy (non-hydrogen) atoms. The number of rotatable bonds is 6. The first-order chi connectivity index (χ1) is 8.48. The topological polar surface area (TPSA) is 52.6 Å². The molecule has 1 unspecified atom stereocenters. The minimum absolute atomic E-state index is 0.0356. The minimum Gasteiger partial charge on any atom is -0.388 e. The zero-order valence-electron chi connectivity index (χ0n) is 11.7. The first-order valence-electron chi connectivity index (χ1n) is 6.73. The average molecular weight is 274 g/mol. The van der Waals surface area contributed by atoms with Crippen molar-refractivity contribution >= 4 is 17.7 Å². The molecule has 1 aliphatic heterocycles. The van der Waals surface area contributed by atoms with E-state index >= 15 is 0 Å². The molecule has 1 aliphatic rings. The average Bonchev–Trinajstić information content (AvgIpc) is 2.34. The third-order valence-corrected chi connectivity index (χ3v) is 4.49. The number of hydrogen-bond acceptors (Lipinski definition) is 4. The van der Waals surface area contributed by atoms with Crippen LogP contribution in [0.5, 0.6) is 0 Å². The highest BCUT2D eigenvalue weighted by Crippen LogP contribution is 2.26. The van der Waals surface area contributed by atoms with Crippen molar-refractivity contribution in [2.45, 2.75) is 44.2 Å². The van der Waals surface area contributed by atoms with E-state index in [0.29, 0.717) is 6.54 Å². The Balaban J connectivity index is 2.43. The highest BCUT2D eigenvalue weighted by Gasteiger charge is 2.31. The Kier molecular flexibility index (Phi) is 6.46. The molecule has 0 spiro atoms. The number of likely N-dealkylation sites (N-methyl/N-ethyl adjacent to an activating group) is 1. The lowest BCUT2D eigenvalue weighted by atomic mass is 9.96. The maximum Gasteiger partial charge on any atom is 0.237 e. The van der Waals surface area contributed by atoms with Gasteiger partial charge in [0.15, 0.2) is 0 Å². The normalized spacial score (nSPS) is 20.7. The van der Waals surface area contributed by atoms with Gasteiger partial charge >= 0.3 is 0 Å². The van der Waals surface area contributed by atoms with Crippen molar-refractivity contribution in [1.29, 1.82) is 0 Å². The lowest BCUT2D eigenvalue weighted by Gasteiger charge is -2.33. The van der Waals surface area contributed by atoms with E-state index in [2.05, 4.69) is 12.2 Å². The molecule has 0 aromatic heterocycles. The molecule has 0 aromatic carbocycles. The van der Waals surface area contributed by atoms with Crippen molar-refractivity contribution in [3.05, 3.63) is 0 Å². The van der Waals surface area contributed by atoms with Gasteiger partial charge in [-0.25, -0.2) is 0 Å². The van der Waals surface area contributed by atoms with Gasteiger partial charge in [0.2, 0.25) is 5.91 Å². The second-order valence-electron chi connectivity index (χ2n) is 5.32. The van der Waals surface area contributed by atoms with Crippen LogP contribution in [0.15, 0.2) is 0 Å². The summed E-state index contributed by atoms with van der Waals surface area (Å²) in [6, 6.07) is -0.0865. The minimum atomic E-state index is -0.690. The number of amides is 1. The molecule has 106 valence electrons. The molecule has 1 heterocycles. The van der Waals surface area contributed by atoms with Gasteiger partial charge in [-0.05, 0) is 44.9 Å². The third kappa shape index (κ3) is 4.78. The van der Waals surface area contributed by atoms with Gasteiger partial charge in [-0.15, -0.1) is 0 Å². The fourth-order valence-corrected chi connectivity index (χ4v) is 3.45. The maximum absolute atomic E-state index is 12.1. The highest BCUT2D eigenvalue weighted by molar-refractivity contribution is 7.99. The molecule has 1 amide bonds. The molecule has 0 bridgehead atoms. The quantitative estimate of drug-likeness (QED) is 0.761. The van der Waals surface area contributed by atoms with Crippen molar-refractivity contribution in [3.8, 4) is 0 Å². The van der Waals surface area contributed by atoms with Crippen LogP contribution in [0.25, 0.3) is 0 Å². The third-order valence-electron chi connectivity index (χ3n) is 3.50. The summed E-state index contributed by atoms with van der Waals surface area (Å²) < 4.78 is 0. The Labute approximate surface area is 115 Å². The molecular weight excluding hydrogens is 248 g/mol. The zero-order valence-corrected chi connectivity index (χ0v) is 12.6. The van der Waals surface area contributed by atoms with E-state index < -0.39 is 5.60 Å². The standard InChI is InChI=1S/C13H26N2O2S/c1-4-5-11(15(2)3)12(16)14-10-13(17)6-8-18-9-7-13/h11,17H,4-10H2,1-3H3,(H,14,16). The van der Waals surface area contributed by atoms with Crippen LogP contribution in [-0.4, -0.2) is 59.7 Å². The number of nitrogens with one attached hydrogen (secondary N) is 1. The molecule has 4 nitrogen and oxygen atoms in total. The largest absolute Gasteiger partial charge is 0.388 e. The molecule has 1 rings (SSSR count). The summed E-state index contributed by atoms with van der Waals surface area (Å²) >= 11 is 1.87. The van der Waals surface area contributed by atoms with Gasteiger partial charge in [0, 0.05) is 6.54 Å². The van der Waals surface area contributed by atoms with Crippen LogP contribution in [0, 0.1) is 0 Å². The molecule has 0 saturated carbocycles. The van der Waals surface area contributed by atoms with Gasteiger partial charge in [-0.2, -0.15) is 11.8 Å². The molecule has 0 aromatic rings. The van der Waals surface area contributed by atoms with Crippen molar-refractivity contribution in [2.75, 3.05) is 32.1 Å². The summed E-state index contributed by atoms with van der Waals surface area (Å²) in [5.41, 5.74) is -0.690. The Morgan fingerprint density at radius 3 is 2.56 bits per heavy atom. The van der Waals surface area contributed by atoms with E-state index in [4.69, 9.17) is 0 Å². The molecule has 0 aliphatic carbocycles. The van der Waals surface area contributed by atoms with Crippen molar-refractivity contribution in [3.63, 3.8) is 0 Å². The monoisotopic (exact) mass is 274 g/mol. The van der Waals surface area contributed by atoms with Crippen LogP contribution in [0.3, 0.4) is 0 Å². The number of aliphatic hydroxyl groups is 1. The van der Waals surface area contributed by atoms with E-state index in [1.54, 1.807) is 0 Å². The molecule has 1 fully saturated rings. The summed E-state index contributed by atoms with van der Waals surface area (Å²) in [6.45, 7) is 2.47. The number of carbonyl (C=O) groups is 1. The van der Waals surface area contributed by atoms with Crippen LogP contribution >= 0.6 is 11.8 Å². The second-order valence-corrected chi connectivity index (χ2v) is 6.55. The smallest absolute Gasteiger partial charge is 0.237 e. The number of carbonyl (C=O) groups excluding carboxylic acids is 1. The molecule has 5 heteroatoms. The van der Waals surface area contributed by atoms with Gasteiger partial charge in [-0.1, -0.05) is 13.3 Å². The first kappa shape index (κ1) is 15.8. The summed E-state index contributed by atoms with van der Waals surface area (Å²) in [6.07, 6.45) is 3.39. The van der Waals surface area contributed by atoms with Crippen molar-refractivity contribution < 1.29 is 9.90 Å². The summed E-state index contributed by atoms with van der Waals surface area (Å²) in [5.74, 6) is 2.00. The van der Waals surface area contributed by atoms with E-state index in [1.165, 1.54) is 0 Å². The maximum atomic E-state index is 12.1. The van der Waals surface area contributed by atoms with Gasteiger partial charge in [0.05, 0.1) is 11.6 Å². The van der Waals surface area contributed by atoms with Crippen LogP contribution < -0.4 is 5.32 Å². The van der Waals surface area contributed by atoms with Gasteiger partial charge < -0.3 is 10.4 Å². The second kappa shape index (κ2) is 7.36. The molecule has 1 saturated heterocycles. The number of nitrogens with zero attached hydrogens (tertiary/aromatic N) is 1. The molecule has 0 radical (unpaired) electrons. The van der Waals surface area contributed by atoms with Crippen LogP contribution in [-0.2, 0) is 4.79 Å². The van der Waals surface area contributed by atoms with Crippen LogP contribution in [0.1, 0.15) is 32.6 Å². The Morgan fingerprint density at radius 1 is 1.44 bits per heavy atom. The SMILES string of the molecule is CCCC(C(=O)NCC1(O)CCSCC1)N(C)C. The van der Waals surface area contributed by atoms with E-state index in [-0.39, 0.29) is 11.9 Å². The Morgan fingerprint density at radius 2 is 2.06 bits per heavy atom. The number of hydrogen-bond donors (Lipinski definition) is 2. The highest BCUT2D eigenvalue weighted by atomic mass is 32.2. The first-order valence-corrected chi connectivity index (χ1v) is 7.88. The van der Waals surface area contributed by atoms with Gasteiger partial charge in [-0.3, -0.25) is 9.69 Å². The predicted octanol–water partition coefficient (Wildman–Crippen LogP) is 1.09. The van der Waals surface area contributed by atoms with Crippen molar-refractivity contribution in [1.82, 2.24) is 10.2 Å². The fourth-order valence-electron chi connectivity index (χ4n) is 2.19. The lowest BCUT2D eigenvalue weighted by Crippen LogP contribution is -2.50. The fraction of sp³-hybridized carbons (Fsp3) is 0.923. The van der Waals surface area contributed by atoms with E-state index in [0.717, 1.165) is 37.2 Å². The summed E-state index contributed by atoms with van der Waals surface area (Å²) in [4.78, 5) is 14.0. The molecule has 1 atom stereocenters. The molecule has 2 N–H and O–H groups in total. The van der Waals surface area contributed by atoms with Crippen LogP contribution in [0.2, 0.25) is 0 Å². The van der Waals surface area contributed by atoms with E-state index in [1.807, 2.05) is 30.8 Å². The van der Waals surface area contributed by atoms with Crippen LogP contribution in [0.4, 0.5) is 0 Å². The lowest BCUT2D eigenvalue weighted by molar-refractivity contribution is -0.127. The summed E-state index contributed by atoms with van der Waals surface area (Å²) in [5, 5.41) is 13.2. The van der Waals surface area contributed by atoms with Gasteiger partial charge in [0.1, 0.15) is 0 Å². The molecular formula is C13H26N2O2S. The Hall–Kier alpha value is -0.260. The van der Waals surface area contributed by atoms with E-state index in [9.17, 15) is 9.90 Å². The van der Waals surface area contributed by atoms with Gasteiger partial charge in [0.25, 0.3) is 0 Å².